The molecule has 0 saturated carbocycles. The lowest BCUT2D eigenvalue weighted by atomic mass is 10.9. The standard InChI is InChI=1S/C2H2N2O3S/c3-1-2-4-7-8(5)6/h2H,(H,5,6)/p-1. The molecular formula is C2HN2O3S-. The van der Waals surface area contributed by atoms with Gasteiger partial charge in [-0.1, -0.05) is 5.16 Å². The molecule has 6 heteroatoms. The fourth-order valence-electron chi connectivity index (χ4n) is 0.0802. The summed E-state index contributed by atoms with van der Waals surface area (Å²) in [6, 6.07) is 1.43. The molecule has 1 atom stereocenters. The quantitative estimate of drug-likeness (QED) is 0.283. The van der Waals surface area contributed by atoms with Crippen LogP contribution in [0.4, 0.5) is 0 Å². The minimum atomic E-state index is -2.67. The lowest BCUT2D eigenvalue weighted by Gasteiger charge is -1.95. The van der Waals surface area contributed by atoms with Crippen LogP contribution in [0.5, 0.6) is 0 Å². The van der Waals surface area contributed by atoms with E-state index in [1.54, 1.807) is 0 Å². The first-order valence-electron chi connectivity index (χ1n) is 1.45. The molecule has 5 nitrogen and oxygen atoms in total. The molecule has 0 aliphatic carbocycles. The normalized spacial score (nSPS) is 13.0. The highest BCUT2D eigenvalue weighted by Gasteiger charge is 1.71. The Morgan fingerprint density at radius 1 is 2.00 bits per heavy atom. The second-order valence-electron chi connectivity index (χ2n) is 0.642. The van der Waals surface area contributed by atoms with Crippen molar-refractivity contribution in [2.45, 2.75) is 0 Å². The van der Waals surface area contributed by atoms with Crippen LogP contribution in [-0.4, -0.2) is 15.0 Å². The van der Waals surface area contributed by atoms with E-state index in [9.17, 15) is 8.76 Å². The number of rotatable bonds is 2. The van der Waals surface area contributed by atoms with Crippen molar-refractivity contribution in [2.75, 3.05) is 0 Å². The van der Waals surface area contributed by atoms with E-state index in [1.165, 1.54) is 6.07 Å². The Hall–Kier alpha value is -0.930. The van der Waals surface area contributed by atoms with Crippen LogP contribution in [-0.2, 0) is 15.6 Å². The van der Waals surface area contributed by atoms with Crippen molar-refractivity contribution in [1.29, 1.82) is 5.26 Å². The maximum absolute atomic E-state index is 9.43. The van der Waals surface area contributed by atoms with E-state index in [0.29, 0.717) is 6.21 Å². The first-order chi connectivity index (χ1) is 3.77. The Morgan fingerprint density at radius 3 is 3.00 bits per heavy atom. The van der Waals surface area contributed by atoms with Crippen LogP contribution in [0, 0.1) is 11.3 Å². The predicted octanol–water partition coefficient (Wildman–Crippen LogP) is -0.694. The van der Waals surface area contributed by atoms with Crippen molar-refractivity contribution in [1.82, 2.24) is 0 Å². The van der Waals surface area contributed by atoms with E-state index in [2.05, 4.69) is 9.44 Å². The molecule has 0 fully saturated rings. The molecule has 0 bridgehead atoms. The number of hydrogen-bond acceptors (Lipinski definition) is 5. The van der Waals surface area contributed by atoms with Crippen LogP contribution in [0.3, 0.4) is 0 Å². The average molecular weight is 133 g/mol. The molecular weight excluding hydrogens is 132 g/mol. The van der Waals surface area contributed by atoms with Crippen LogP contribution in [0.15, 0.2) is 5.16 Å². The van der Waals surface area contributed by atoms with Crippen molar-refractivity contribution in [2.24, 2.45) is 5.16 Å². The molecule has 8 heavy (non-hydrogen) atoms. The van der Waals surface area contributed by atoms with Gasteiger partial charge in [-0.05, 0) is 0 Å². The molecule has 1 unspecified atom stereocenters. The number of oxime groups is 1. The lowest BCUT2D eigenvalue weighted by Crippen LogP contribution is -1.86. The smallest absolute Gasteiger partial charge is 0.169 e. The minimum absolute atomic E-state index is 0.663. The van der Waals surface area contributed by atoms with Gasteiger partial charge in [0.2, 0.25) is 0 Å². The van der Waals surface area contributed by atoms with Gasteiger partial charge in [0.25, 0.3) is 0 Å². The molecule has 0 N–H and O–H groups in total. The first kappa shape index (κ1) is 7.07. The van der Waals surface area contributed by atoms with Crippen LogP contribution in [0.1, 0.15) is 0 Å². The summed E-state index contributed by atoms with van der Waals surface area (Å²) in [5, 5.41) is 10.4. The summed E-state index contributed by atoms with van der Waals surface area (Å²) in [5.41, 5.74) is 0. The van der Waals surface area contributed by atoms with Gasteiger partial charge in [-0.15, -0.1) is 0 Å². The van der Waals surface area contributed by atoms with Crippen molar-refractivity contribution >= 4 is 17.6 Å². The molecule has 0 aromatic heterocycles. The van der Waals surface area contributed by atoms with Gasteiger partial charge in [0.15, 0.2) is 11.4 Å². The zero-order chi connectivity index (χ0) is 6.41. The molecule has 0 aromatic carbocycles. The summed E-state index contributed by atoms with van der Waals surface area (Å²) >= 11 is -2.67. The molecule has 0 aliphatic rings. The molecule has 44 valence electrons. The molecule has 0 rings (SSSR count). The van der Waals surface area contributed by atoms with Gasteiger partial charge in [0.1, 0.15) is 12.3 Å². The lowest BCUT2D eigenvalue weighted by molar-refractivity contribution is 0.320. The monoisotopic (exact) mass is 133 g/mol. The summed E-state index contributed by atoms with van der Waals surface area (Å²) in [6.07, 6.45) is 0.663. The minimum Gasteiger partial charge on any atom is -0.738 e. The molecule has 0 spiro atoms. The van der Waals surface area contributed by atoms with Crippen LogP contribution < -0.4 is 0 Å². The van der Waals surface area contributed by atoms with Crippen LogP contribution >= 0.6 is 0 Å². The summed E-state index contributed by atoms with van der Waals surface area (Å²) < 4.78 is 22.4. The van der Waals surface area contributed by atoms with Crippen molar-refractivity contribution < 1.29 is 13.0 Å². The third-order valence-corrected chi connectivity index (χ3v) is 0.422. The predicted molar refractivity (Wildman–Crippen MR) is 24.1 cm³/mol. The molecule has 0 amide bonds. The highest BCUT2D eigenvalue weighted by Crippen LogP contribution is 1.75. The Bertz CT molecular complexity index is 148. The highest BCUT2D eigenvalue weighted by atomic mass is 32.2. The average Bonchev–Trinajstić information content (AvgIpc) is 1.66. The Kier molecular flexibility index (Phi) is 3.74. The number of hydrogen-bond donors (Lipinski definition) is 0. The van der Waals surface area contributed by atoms with E-state index in [4.69, 9.17) is 5.26 Å². The highest BCUT2D eigenvalue weighted by molar-refractivity contribution is 7.74. The van der Waals surface area contributed by atoms with Crippen molar-refractivity contribution in [3.05, 3.63) is 0 Å². The van der Waals surface area contributed by atoms with Crippen LogP contribution in [0.25, 0.3) is 0 Å². The number of nitrogens with zero attached hydrogens (tertiary/aromatic N) is 2. The number of nitriles is 1. The largest absolute Gasteiger partial charge is 0.738 e. The fraction of sp³-hybridized carbons (Fsp3) is 0. The molecule has 0 aromatic rings. The van der Waals surface area contributed by atoms with E-state index >= 15 is 0 Å². The SMILES string of the molecule is N#CC=NOS(=O)[O-]. The Morgan fingerprint density at radius 2 is 2.62 bits per heavy atom. The Labute approximate surface area is 48.0 Å². The second kappa shape index (κ2) is 4.23. The van der Waals surface area contributed by atoms with E-state index in [-0.39, 0.29) is 0 Å². The van der Waals surface area contributed by atoms with Gasteiger partial charge in [-0.3, -0.25) is 0 Å². The van der Waals surface area contributed by atoms with Gasteiger partial charge < -0.3 is 8.84 Å². The topological polar surface area (TPSA) is 85.5 Å². The summed E-state index contributed by atoms with van der Waals surface area (Å²) in [6.45, 7) is 0. The van der Waals surface area contributed by atoms with E-state index in [0.717, 1.165) is 0 Å². The summed E-state index contributed by atoms with van der Waals surface area (Å²) in [4.78, 5) is 0. The van der Waals surface area contributed by atoms with E-state index in [1.807, 2.05) is 0 Å². The van der Waals surface area contributed by atoms with Gasteiger partial charge in [0.05, 0.1) is 0 Å². The summed E-state index contributed by atoms with van der Waals surface area (Å²) in [5.74, 6) is 0. The molecule has 0 saturated heterocycles. The molecule has 0 radical (unpaired) electrons. The van der Waals surface area contributed by atoms with Gasteiger partial charge in [-0.2, -0.15) is 5.26 Å². The van der Waals surface area contributed by atoms with Crippen molar-refractivity contribution in [3.8, 4) is 6.07 Å². The van der Waals surface area contributed by atoms with Gasteiger partial charge >= 0.3 is 0 Å². The Balaban J connectivity index is 3.34. The maximum atomic E-state index is 9.43. The fourth-order valence-corrected chi connectivity index (χ4v) is 0.194. The van der Waals surface area contributed by atoms with Gasteiger partial charge in [-0.25, -0.2) is 4.21 Å². The van der Waals surface area contributed by atoms with Crippen molar-refractivity contribution in [3.63, 3.8) is 0 Å². The van der Waals surface area contributed by atoms with E-state index < -0.39 is 11.4 Å². The third-order valence-electron chi connectivity index (χ3n) is 0.214. The first-order valence-corrected chi connectivity index (χ1v) is 2.45. The summed E-state index contributed by atoms with van der Waals surface area (Å²) in [7, 11) is 0. The maximum Gasteiger partial charge on any atom is 0.169 e. The molecule has 0 aliphatic heterocycles. The second-order valence-corrected chi connectivity index (χ2v) is 1.20. The zero-order valence-corrected chi connectivity index (χ0v) is 4.42. The van der Waals surface area contributed by atoms with Crippen LogP contribution in [0.2, 0.25) is 0 Å². The van der Waals surface area contributed by atoms with Gasteiger partial charge in [0, 0.05) is 0 Å². The molecule has 0 heterocycles. The third kappa shape index (κ3) is 5.07. The zero-order valence-electron chi connectivity index (χ0n) is 3.60.